The molecule has 7 nitrogen and oxygen atoms in total. The predicted molar refractivity (Wildman–Crippen MR) is 108 cm³/mol. The Morgan fingerprint density at radius 2 is 1.68 bits per heavy atom. The van der Waals surface area contributed by atoms with Crippen LogP contribution < -0.4 is 15.0 Å². The van der Waals surface area contributed by atoms with Crippen molar-refractivity contribution in [1.29, 1.82) is 0 Å². The summed E-state index contributed by atoms with van der Waals surface area (Å²) >= 11 is 0. The predicted octanol–water partition coefficient (Wildman–Crippen LogP) is 2.19. The van der Waals surface area contributed by atoms with Gasteiger partial charge in [-0.2, -0.15) is 0 Å². The van der Waals surface area contributed by atoms with Crippen LogP contribution in [0, 0.1) is 0 Å². The third-order valence-electron chi connectivity index (χ3n) is 4.67. The van der Waals surface area contributed by atoms with Crippen molar-refractivity contribution in [2.75, 3.05) is 38.2 Å². The van der Waals surface area contributed by atoms with E-state index in [9.17, 15) is 9.59 Å². The zero-order valence-electron chi connectivity index (χ0n) is 16.5. The van der Waals surface area contributed by atoms with Gasteiger partial charge in [0.1, 0.15) is 5.75 Å². The second-order valence-electron chi connectivity index (χ2n) is 7.07. The molecule has 1 aliphatic heterocycles. The fourth-order valence-corrected chi connectivity index (χ4v) is 3.17. The Morgan fingerprint density at radius 3 is 2.29 bits per heavy atom. The van der Waals surface area contributed by atoms with E-state index in [0.29, 0.717) is 24.2 Å². The molecule has 0 aliphatic carbocycles. The first-order valence-corrected chi connectivity index (χ1v) is 9.42. The zero-order chi connectivity index (χ0) is 20.1. The van der Waals surface area contributed by atoms with E-state index < -0.39 is 0 Å². The van der Waals surface area contributed by atoms with Crippen molar-refractivity contribution in [2.45, 2.75) is 19.9 Å². The van der Waals surface area contributed by atoms with Crippen molar-refractivity contribution >= 4 is 17.5 Å². The minimum absolute atomic E-state index is 0.0258. The summed E-state index contributed by atoms with van der Waals surface area (Å²) in [4.78, 5) is 33.1. The first-order valence-electron chi connectivity index (χ1n) is 9.42. The van der Waals surface area contributed by atoms with Crippen LogP contribution in [0.15, 0.2) is 42.7 Å². The largest absolute Gasteiger partial charge is 0.497 e. The van der Waals surface area contributed by atoms with Gasteiger partial charge in [-0.25, -0.2) is 0 Å². The number of anilines is 1. The van der Waals surface area contributed by atoms with Crippen LogP contribution in [-0.4, -0.2) is 61.0 Å². The minimum Gasteiger partial charge on any atom is -0.497 e. The summed E-state index contributed by atoms with van der Waals surface area (Å²) in [5, 5.41) is 2.82. The van der Waals surface area contributed by atoms with E-state index in [-0.39, 0.29) is 17.9 Å². The number of hydrogen-bond donors (Lipinski definition) is 1. The lowest BCUT2D eigenvalue weighted by Crippen LogP contribution is -2.48. The number of piperazine rings is 1. The quantitative estimate of drug-likeness (QED) is 0.858. The lowest BCUT2D eigenvalue weighted by Gasteiger charge is -2.36. The highest BCUT2D eigenvalue weighted by molar-refractivity contribution is 5.99. The van der Waals surface area contributed by atoms with Crippen LogP contribution in [0.3, 0.4) is 0 Å². The molecule has 0 radical (unpaired) electrons. The van der Waals surface area contributed by atoms with Crippen molar-refractivity contribution in [3.63, 3.8) is 0 Å². The number of carbonyl (C=O) groups excluding carboxylic acids is 2. The molecular formula is C21H26N4O3. The average molecular weight is 382 g/mol. The third kappa shape index (κ3) is 4.60. The van der Waals surface area contributed by atoms with E-state index in [2.05, 4.69) is 15.2 Å². The summed E-state index contributed by atoms with van der Waals surface area (Å²) in [5.74, 6) is 0.508. The number of methoxy groups -OCH3 is 1. The van der Waals surface area contributed by atoms with Crippen LogP contribution in [0.2, 0.25) is 0 Å². The number of ether oxygens (including phenoxy) is 1. The van der Waals surface area contributed by atoms with Crippen molar-refractivity contribution in [3.05, 3.63) is 53.9 Å². The number of benzene rings is 1. The summed E-state index contributed by atoms with van der Waals surface area (Å²) in [5.41, 5.74) is 1.95. The molecular weight excluding hydrogens is 356 g/mol. The van der Waals surface area contributed by atoms with Crippen LogP contribution in [0.5, 0.6) is 5.75 Å². The lowest BCUT2D eigenvalue weighted by atomic mass is 10.1. The molecule has 7 heteroatoms. The highest BCUT2D eigenvalue weighted by Crippen LogP contribution is 2.21. The summed E-state index contributed by atoms with van der Waals surface area (Å²) in [6.07, 6.45) is 3.00. The number of amides is 2. The molecule has 0 bridgehead atoms. The van der Waals surface area contributed by atoms with E-state index in [4.69, 9.17) is 4.74 Å². The van der Waals surface area contributed by atoms with Crippen LogP contribution in [0.1, 0.15) is 34.6 Å². The van der Waals surface area contributed by atoms with E-state index in [1.54, 1.807) is 18.1 Å². The summed E-state index contributed by atoms with van der Waals surface area (Å²) < 4.78 is 5.20. The van der Waals surface area contributed by atoms with E-state index >= 15 is 0 Å². The van der Waals surface area contributed by atoms with Gasteiger partial charge in [0.25, 0.3) is 11.8 Å². The first-order chi connectivity index (χ1) is 13.5. The van der Waals surface area contributed by atoms with E-state index in [0.717, 1.165) is 24.5 Å². The highest BCUT2D eigenvalue weighted by Gasteiger charge is 2.23. The smallest absolute Gasteiger partial charge is 0.255 e. The fourth-order valence-electron chi connectivity index (χ4n) is 3.17. The van der Waals surface area contributed by atoms with E-state index in [1.807, 2.05) is 38.1 Å². The average Bonchev–Trinajstić information content (AvgIpc) is 2.73. The van der Waals surface area contributed by atoms with Gasteiger partial charge in [0.15, 0.2) is 0 Å². The molecule has 1 aromatic carbocycles. The Balaban J connectivity index is 1.62. The molecule has 1 aliphatic rings. The number of rotatable bonds is 5. The number of pyridine rings is 1. The van der Waals surface area contributed by atoms with Crippen molar-refractivity contribution in [1.82, 2.24) is 15.2 Å². The first kappa shape index (κ1) is 19.7. The van der Waals surface area contributed by atoms with Gasteiger partial charge in [-0.05, 0) is 44.2 Å². The molecule has 1 fully saturated rings. The van der Waals surface area contributed by atoms with Crippen molar-refractivity contribution in [2.24, 2.45) is 0 Å². The molecule has 148 valence electrons. The number of hydrogen-bond acceptors (Lipinski definition) is 5. The van der Waals surface area contributed by atoms with Crippen LogP contribution in [-0.2, 0) is 0 Å². The van der Waals surface area contributed by atoms with Gasteiger partial charge in [-0.15, -0.1) is 0 Å². The molecule has 0 atom stereocenters. The number of carbonyl (C=O) groups is 2. The second kappa shape index (κ2) is 8.73. The standard InChI is InChI=1S/C21H26N4O3/c1-15(2)23-20(26)16-12-17(14-22-13-16)21(27)25-10-8-24(9-11-25)18-4-6-19(28-3)7-5-18/h4-7,12-15H,8-11H2,1-3H3,(H,23,26). The molecule has 1 saturated heterocycles. The normalized spacial score (nSPS) is 14.1. The molecule has 0 saturated carbocycles. The van der Waals surface area contributed by atoms with Crippen molar-refractivity contribution in [3.8, 4) is 5.75 Å². The van der Waals surface area contributed by atoms with Gasteiger partial charge in [0, 0.05) is 50.3 Å². The van der Waals surface area contributed by atoms with Crippen molar-refractivity contribution < 1.29 is 14.3 Å². The maximum Gasteiger partial charge on any atom is 0.255 e. The van der Waals surface area contributed by atoms with Gasteiger partial charge in [-0.3, -0.25) is 14.6 Å². The number of nitrogens with one attached hydrogen (secondary N) is 1. The SMILES string of the molecule is COc1ccc(N2CCN(C(=O)c3cncc(C(=O)NC(C)C)c3)CC2)cc1. The minimum atomic E-state index is -0.221. The monoisotopic (exact) mass is 382 g/mol. The van der Waals surface area contributed by atoms with Crippen LogP contribution in [0.4, 0.5) is 5.69 Å². The molecule has 1 aromatic heterocycles. The van der Waals surface area contributed by atoms with Crippen LogP contribution >= 0.6 is 0 Å². The van der Waals surface area contributed by atoms with Gasteiger partial charge < -0.3 is 19.9 Å². The summed E-state index contributed by atoms with van der Waals surface area (Å²) in [6.45, 7) is 6.52. The highest BCUT2D eigenvalue weighted by atomic mass is 16.5. The molecule has 2 amide bonds. The fraction of sp³-hybridized carbons (Fsp3) is 0.381. The molecule has 0 spiro atoms. The van der Waals surface area contributed by atoms with Gasteiger partial charge in [0.05, 0.1) is 18.2 Å². The molecule has 0 unspecified atom stereocenters. The number of nitrogens with zero attached hydrogens (tertiary/aromatic N) is 3. The summed E-state index contributed by atoms with van der Waals surface area (Å²) in [7, 11) is 1.65. The summed E-state index contributed by atoms with van der Waals surface area (Å²) in [6, 6.07) is 9.56. The topological polar surface area (TPSA) is 74.8 Å². The lowest BCUT2D eigenvalue weighted by molar-refractivity contribution is 0.0746. The second-order valence-corrected chi connectivity index (χ2v) is 7.07. The van der Waals surface area contributed by atoms with E-state index in [1.165, 1.54) is 12.4 Å². The zero-order valence-corrected chi connectivity index (χ0v) is 16.5. The Kier molecular flexibility index (Phi) is 6.13. The molecule has 3 rings (SSSR count). The Labute approximate surface area is 165 Å². The van der Waals surface area contributed by atoms with Gasteiger partial charge in [0.2, 0.25) is 0 Å². The molecule has 1 N–H and O–H groups in total. The Bertz CT molecular complexity index is 828. The van der Waals surface area contributed by atoms with Gasteiger partial charge in [-0.1, -0.05) is 0 Å². The van der Waals surface area contributed by atoms with Gasteiger partial charge >= 0.3 is 0 Å². The Hall–Kier alpha value is -3.09. The molecule has 2 aromatic rings. The number of aromatic nitrogens is 1. The maximum atomic E-state index is 12.8. The third-order valence-corrected chi connectivity index (χ3v) is 4.67. The van der Waals surface area contributed by atoms with Crippen LogP contribution in [0.25, 0.3) is 0 Å². The molecule has 28 heavy (non-hydrogen) atoms. The molecule has 2 heterocycles. The maximum absolute atomic E-state index is 12.8. The Morgan fingerprint density at radius 1 is 1.04 bits per heavy atom.